The quantitative estimate of drug-likeness (QED) is 0.813. The molecule has 0 aliphatic rings. The summed E-state index contributed by atoms with van der Waals surface area (Å²) in [6.45, 7) is 10.3. The van der Waals surface area contributed by atoms with Gasteiger partial charge in [-0.05, 0) is 32.9 Å². The molecule has 4 heteroatoms. The summed E-state index contributed by atoms with van der Waals surface area (Å²) in [5.74, 6) is -0.487. The average Bonchev–Trinajstić information content (AvgIpc) is 2.24. The summed E-state index contributed by atoms with van der Waals surface area (Å²) in [6, 6.07) is 3.19. The number of carbonyl (C=O) groups is 1. The van der Waals surface area contributed by atoms with Gasteiger partial charge < -0.3 is 10.0 Å². The predicted molar refractivity (Wildman–Crippen MR) is 68.5 cm³/mol. The van der Waals surface area contributed by atoms with Gasteiger partial charge >= 0.3 is 5.97 Å². The zero-order valence-electron chi connectivity index (χ0n) is 10.5. The molecule has 0 saturated heterocycles. The zero-order valence-corrected chi connectivity index (χ0v) is 10.5. The molecule has 0 radical (unpaired) electrons. The van der Waals surface area contributed by atoms with E-state index in [9.17, 15) is 4.79 Å². The van der Waals surface area contributed by atoms with Gasteiger partial charge in [-0.2, -0.15) is 0 Å². The minimum absolute atomic E-state index is 0.212. The smallest absolute Gasteiger partial charge is 0.339 e. The molecule has 0 spiro atoms. The fraction of sp³-hybridized carbons (Fsp3) is 0.385. The van der Waals surface area contributed by atoms with Crippen molar-refractivity contribution >= 4 is 11.8 Å². The summed E-state index contributed by atoms with van der Waals surface area (Å²) < 4.78 is 0. The molecule has 0 aliphatic carbocycles. The molecule has 1 rings (SSSR count). The first-order valence-electron chi connectivity index (χ1n) is 5.44. The van der Waals surface area contributed by atoms with Crippen LogP contribution in [0.3, 0.4) is 0 Å². The molecule has 0 aromatic carbocycles. The summed E-state index contributed by atoms with van der Waals surface area (Å²) in [7, 11) is 0. The number of hydrogen-bond acceptors (Lipinski definition) is 3. The molecule has 17 heavy (non-hydrogen) atoms. The minimum atomic E-state index is -0.966. The lowest BCUT2D eigenvalue weighted by Crippen LogP contribution is -2.43. The van der Waals surface area contributed by atoms with Gasteiger partial charge in [0.15, 0.2) is 0 Å². The summed E-state index contributed by atoms with van der Waals surface area (Å²) >= 11 is 0. The van der Waals surface area contributed by atoms with E-state index in [2.05, 4.69) is 11.6 Å². The Hall–Kier alpha value is -1.84. The Labute approximate surface area is 102 Å². The SMILES string of the molecule is C=CCN(c1ncccc1C(=O)O)C(C)(C)C. The Kier molecular flexibility index (Phi) is 3.89. The van der Waals surface area contributed by atoms with E-state index in [0.717, 1.165) is 0 Å². The third-order valence-electron chi connectivity index (χ3n) is 2.39. The van der Waals surface area contributed by atoms with Gasteiger partial charge in [0.2, 0.25) is 0 Å². The van der Waals surface area contributed by atoms with Crippen molar-refractivity contribution in [3.8, 4) is 0 Å². The average molecular weight is 234 g/mol. The molecule has 1 aromatic rings. The lowest BCUT2D eigenvalue weighted by Gasteiger charge is -2.36. The topological polar surface area (TPSA) is 53.4 Å². The van der Waals surface area contributed by atoms with Crippen LogP contribution in [0.15, 0.2) is 31.0 Å². The molecule has 1 N–H and O–H groups in total. The van der Waals surface area contributed by atoms with E-state index >= 15 is 0 Å². The number of anilines is 1. The van der Waals surface area contributed by atoms with Crippen molar-refractivity contribution in [3.63, 3.8) is 0 Å². The molecule has 1 aromatic heterocycles. The number of aromatic nitrogens is 1. The van der Waals surface area contributed by atoms with Crippen molar-refractivity contribution in [2.45, 2.75) is 26.3 Å². The molecule has 1 heterocycles. The van der Waals surface area contributed by atoms with Crippen molar-refractivity contribution in [2.24, 2.45) is 0 Å². The van der Waals surface area contributed by atoms with Crippen LogP contribution in [0.2, 0.25) is 0 Å². The first kappa shape index (κ1) is 13.2. The zero-order chi connectivity index (χ0) is 13.1. The van der Waals surface area contributed by atoms with Gasteiger partial charge in [0.05, 0.1) is 0 Å². The van der Waals surface area contributed by atoms with Crippen molar-refractivity contribution in [3.05, 3.63) is 36.5 Å². The molecule has 0 amide bonds. The maximum absolute atomic E-state index is 11.2. The van der Waals surface area contributed by atoms with E-state index in [4.69, 9.17) is 5.11 Å². The van der Waals surface area contributed by atoms with Crippen molar-refractivity contribution in [1.29, 1.82) is 0 Å². The lowest BCUT2D eigenvalue weighted by molar-refractivity contribution is 0.0697. The highest BCUT2D eigenvalue weighted by atomic mass is 16.4. The summed E-state index contributed by atoms with van der Waals surface area (Å²) in [4.78, 5) is 17.3. The van der Waals surface area contributed by atoms with Gasteiger partial charge in [-0.3, -0.25) is 0 Å². The Morgan fingerprint density at radius 2 is 2.24 bits per heavy atom. The highest BCUT2D eigenvalue weighted by molar-refractivity contribution is 5.93. The Morgan fingerprint density at radius 1 is 1.59 bits per heavy atom. The van der Waals surface area contributed by atoms with Gasteiger partial charge in [-0.25, -0.2) is 9.78 Å². The monoisotopic (exact) mass is 234 g/mol. The maximum atomic E-state index is 11.2. The summed E-state index contributed by atoms with van der Waals surface area (Å²) in [5.41, 5.74) is -0.00324. The lowest BCUT2D eigenvalue weighted by atomic mass is 10.0. The minimum Gasteiger partial charge on any atom is -0.478 e. The standard InChI is InChI=1S/C13H18N2O2/c1-5-9-15(13(2,3)4)11-10(12(16)17)7-6-8-14-11/h5-8H,1,9H2,2-4H3,(H,16,17). The van der Waals surface area contributed by atoms with Crippen molar-refractivity contribution in [2.75, 3.05) is 11.4 Å². The molecule has 0 unspecified atom stereocenters. The van der Waals surface area contributed by atoms with Gasteiger partial charge in [-0.15, -0.1) is 6.58 Å². The van der Waals surface area contributed by atoms with E-state index in [1.54, 1.807) is 24.4 Å². The van der Waals surface area contributed by atoms with Crippen LogP contribution in [-0.4, -0.2) is 28.1 Å². The Morgan fingerprint density at radius 3 is 2.71 bits per heavy atom. The number of nitrogens with zero attached hydrogens (tertiary/aromatic N) is 2. The number of carboxylic acid groups (broad SMARTS) is 1. The third-order valence-corrected chi connectivity index (χ3v) is 2.39. The van der Waals surface area contributed by atoms with Gasteiger partial charge in [0.25, 0.3) is 0 Å². The molecule has 0 bridgehead atoms. The second kappa shape index (κ2) is 4.99. The molecule has 0 aliphatic heterocycles. The molecular weight excluding hydrogens is 216 g/mol. The number of rotatable bonds is 4. The Bertz CT molecular complexity index is 422. The highest BCUT2D eigenvalue weighted by Gasteiger charge is 2.25. The number of aromatic carboxylic acids is 1. The third kappa shape index (κ3) is 3.06. The number of hydrogen-bond donors (Lipinski definition) is 1. The van der Waals surface area contributed by atoms with Crippen molar-refractivity contribution < 1.29 is 9.90 Å². The molecule has 4 nitrogen and oxygen atoms in total. The van der Waals surface area contributed by atoms with Crippen LogP contribution in [0.25, 0.3) is 0 Å². The molecule has 0 saturated carbocycles. The predicted octanol–water partition coefficient (Wildman–Crippen LogP) is 2.57. The van der Waals surface area contributed by atoms with Crippen LogP contribution in [0.1, 0.15) is 31.1 Å². The fourth-order valence-electron chi connectivity index (χ4n) is 1.59. The Balaban J connectivity index is 3.27. The first-order chi connectivity index (χ1) is 7.88. The van der Waals surface area contributed by atoms with Gasteiger partial charge in [0, 0.05) is 18.3 Å². The second-order valence-electron chi connectivity index (χ2n) is 4.75. The van der Waals surface area contributed by atoms with E-state index in [1.807, 2.05) is 25.7 Å². The summed E-state index contributed by atoms with van der Waals surface area (Å²) in [5, 5.41) is 9.16. The highest BCUT2D eigenvalue weighted by Crippen LogP contribution is 2.25. The van der Waals surface area contributed by atoms with Crippen LogP contribution in [0.4, 0.5) is 5.82 Å². The van der Waals surface area contributed by atoms with E-state index in [-0.39, 0.29) is 11.1 Å². The van der Waals surface area contributed by atoms with Crippen LogP contribution < -0.4 is 4.90 Å². The normalized spacial score (nSPS) is 11.0. The van der Waals surface area contributed by atoms with E-state index < -0.39 is 5.97 Å². The molecule has 0 fully saturated rings. The first-order valence-corrected chi connectivity index (χ1v) is 5.44. The molecular formula is C13H18N2O2. The maximum Gasteiger partial charge on any atom is 0.339 e. The fourth-order valence-corrected chi connectivity index (χ4v) is 1.59. The van der Waals surface area contributed by atoms with E-state index in [0.29, 0.717) is 12.4 Å². The van der Waals surface area contributed by atoms with Crippen LogP contribution >= 0.6 is 0 Å². The molecule has 0 atom stereocenters. The largest absolute Gasteiger partial charge is 0.478 e. The van der Waals surface area contributed by atoms with E-state index in [1.165, 1.54) is 0 Å². The molecule has 92 valence electrons. The van der Waals surface area contributed by atoms with Crippen LogP contribution in [-0.2, 0) is 0 Å². The van der Waals surface area contributed by atoms with Gasteiger partial charge in [-0.1, -0.05) is 6.08 Å². The number of pyridine rings is 1. The van der Waals surface area contributed by atoms with Gasteiger partial charge in [0.1, 0.15) is 11.4 Å². The number of carboxylic acids is 1. The summed E-state index contributed by atoms with van der Waals surface area (Å²) in [6.07, 6.45) is 3.34. The second-order valence-corrected chi connectivity index (χ2v) is 4.75. The van der Waals surface area contributed by atoms with Crippen LogP contribution in [0, 0.1) is 0 Å². The van der Waals surface area contributed by atoms with Crippen molar-refractivity contribution in [1.82, 2.24) is 4.98 Å². The van der Waals surface area contributed by atoms with Crippen LogP contribution in [0.5, 0.6) is 0 Å².